The smallest absolute Gasteiger partial charge is 0.472 e. The average Bonchev–Trinajstić information content (AvgIpc) is 3.52. The van der Waals surface area contributed by atoms with Crippen molar-refractivity contribution in [1.29, 1.82) is 0 Å². The predicted octanol–water partition coefficient (Wildman–Crippen LogP) is 12.9. The molecule has 4 amide bonds. The molecule has 0 aliphatic carbocycles. The molecule has 2 saturated heterocycles. The van der Waals surface area contributed by atoms with Gasteiger partial charge in [-0.25, -0.2) is 19.6 Å². The number of alkyl carbamates (subject to hydrolysis) is 1. The van der Waals surface area contributed by atoms with E-state index in [0.29, 0.717) is 43.9 Å². The molecule has 2 heterocycles. The summed E-state index contributed by atoms with van der Waals surface area (Å²) in [6.45, 7) is 3.61. The van der Waals surface area contributed by atoms with Gasteiger partial charge in [-0.05, 0) is 50.8 Å². The van der Waals surface area contributed by atoms with Gasteiger partial charge in [0.25, 0.3) is 0 Å². The van der Waals surface area contributed by atoms with Crippen molar-refractivity contribution in [2.45, 2.75) is 294 Å². The Hall–Kier alpha value is -3.20. The summed E-state index contributed by atoms with van der Waals surface area (Å²) in [5, 5.41) is 20.9. The van der Waals surface area contributed by atoms with E-state index in [4.69, 9.17) is 32.8 Å². The number of hydroxylamine groups is 1. The van der Waals surface area contributed by atoms with E-state index in [1.54, 1.807) is 0 Å². The second-order valence-corrected chi connectivity index (χ2v) is 25.5. The summed E-state index contributed by atoms with van der Waals surface area (Å²) >= 11 is 1.87. The minimum Gasteiger partial charge on any atom is -0.862 e. The number of unbranched alkanes of at least 4 members (excludes halogenated alkanes) is 31. The van der Waals surface area contributed by atoms with E-state index in [-0.39, 0.29) is 88.8 Å². The van der Waals surface area contributed by atoms with Gasteiger partial charge in [0.15, 0.2) is 6.10 Å². The number of fused-ring (bicyclic) bond motifs is 1. The third-order valence-corrected chi connectivity index (χ3v) is 17.6. The summed E-state index contributed by atoms with van der Waals surface area (Å²) in [5.41, 5.74) is 2.36. The average molecular weight is 1230 g/mol. The summed E-state index contributed by atoms with van der Waals surface area (Å²) in [6, 6.07) is 0.290. The van der Waals surface area contributed by atoms with Crippen molar-refractivity contribution in [1.82, 2.24) is 21.4 Å². The van der Waals surface area contributed by atoms with Crippen LogP contribution in [-0.2, 0) is 51.8 Å². The van der Waals surface area contributed by atoms with Gasteiger partial charge in [0.1, 0.15) is 13.2 Å². The van der Waals surface area contributed by atoms with Crippen LogP contribution in [-0.4, -0.2) is 129 Å². The van der Waals surface area contributed by atoms with Crippen LogP contribution >= 0.6 is 19.6 Å². The summed E-state index contributed by atoms with van der Waals surface area (Å²) in [6.07, 6.45) is 40.1. The highest BCUT2D eigenvalue weighted by atomic mass is 32.2. The van der Waals surface area contributed by atoms with Crippen LogP contribution in [0, 0.1) is 0 Å². The van der Waals surface area contributed by atoms with E-state index in [0.717, 1.165) is 70.0 Å². The quantitative estimate of drug-likeness (QED) is 0.00553. The Morgan fingerprint density at radius 2 is 1.12 bits per heavy atom. The second kappa shape index (κ2) is 54.0. The zero-order chi connectivity index (χ0) is 60.8. The molecule has 0 aromatic heterocycles. The number of aliphatic imine (C=N–C) groups is 1. The third kappa shape index (κ3) is 46.0. The number of esters is 2. The van der Waals surface area contributed by atoms with Gasteiger partial charge < -0.3 is 49.9 Å². The molecular formula is C62H115N5O15PS-. The first-order chi connectivity index (χ1) is 40.9. The molecule has 0 radical (unpaired) electrons. The van der Waals surface area contributed by atoms with E-state index in [9.17, 15) is 38.5 Å². The van der Waals surface area contributed by atoms with Gasteiger partial charge in [-0.15, -0.1) is 0 Å². The van der Waals surface area contributed by atoms with Crippen molar-refractivity contribution >= 4 is 55.5 Å². The predicted molar refractivity (Wildman–Crippen MR) is 331 cm³/mol. The normalized spacial score (nSPS) is 16.8. The molecule has 1 unspecified atom stereocenters. The van der Waals surface area contributed by atoms with Crippen molar-refractivity contribution in [3.8, 4) is 0 Å². The molecular weight excluding hydrogens is 1120 g/mol. The molecule has 5 atom stereocenters. The number of urea groups is 1. The largest absolute Gasteiger partial charge is 0.862 e. The second-order valence-electron chi connectivity index (χ2n) is 22.8. The number of carbonyl (C=O) groups excluding carboxylic acids is 5. The summed E-state index contributed by atoms with van der Waals surface area (Å²) < 4.78 is 44.4. The Balaban J connectivity index is 1.54. The minimum atomic E-state index is -4.67. The molecule has 2 aliphatic rings. The maximum atomic E-state index is 12.9. The van der Waals surface area contributed by atoms with Gasteiger partial charge >= 0.3 is 31.9 Å². The van der Waals surface area contributed by atoms with E-state index in [1.165, 1.54) is 141 Å². The first-order valence-corrected chi connectivity index (χ1v) is 35.7. The Bertz CT molecular complexity index is 1760. The lowest BCUT2D eigenvalue weighted by Crippen LogP contribution is -2.36. The topological polar surface area (TPSA) is 271 Å². The fraction of sp³-hybridized carbons (Fsp3) is 0.903. The summed E-state index contributed by atoms with van der Waals surface area (Å²) in [5.74, 6) is -0.402. The van der Waals surface area contributed by atoms with Crippen LogP contribution in [0.3, 0.4) is 0 Å². The number of ether oxygens (including phenoxy) is 4. The number of amides is 4. The van der Waals surface area contributed by atoms with Gasteiger partial charge in [0, 0.05) is 43.4 Å². The third-order valence-electron chi connectivity index (χ3n) is 15.1. The lowest BCUT2D eigenvalue weighted by molar-refractivity contribution is -0.219. The van der Waals surface area contributed by atoms with Crippen LogP contribution in [0.4, 0.5) is 9.59 Å². The van der Waals surface area contributed by atoms with E-state index < -0.39 is 45.2 Å². The van der Waals surface area contributed by atoms with Gasteiger partial charge in [-0.3, -0.25) is 28.3 Å². The van der Waals surface area contributed by atoms with Crippen LogP contribution in [0.1, 0.15) is 271 Å². The number of phosphoric acid groups is 1. The molecule has 0 saturated carbocycles. The lowest BCUT2D eigenvalue weighted by Gasteiger charge is -2.20. The number of hydrogen-bond donors (Lipinski definition) is 5. The van der Waals surface area contributed by atoms with Gasteiger partial charge in [-0.2, -0.15) is 11.8 Å². The standard InChI is InChI=1S/C62H116N5O15PS/c1-3-5-7-9-11-13-15-17-19-21-23-25-27-29-33-41-58(70)78-50-53(82-59(71)42-34-30-28-26-24-22-20-18-16-14-12-10-8-6-4-2)51-81-83(74,75)80-45-44-64-62(73)77-48-46-76-47-49-79-67-57(69)40-32-31-37-43-63-56(68)39-36-35-38-55-60-54(52-84-55)65-61(72)66-60/h53-55,60H,3-52H2,1-2H3,(H,63,68)(H,64,73)(H,67,69)(H,74,75)(H2,65,66,72)/p-1/t53-,54+,55+,60+/m1/s1. The van der Waals surface area contributed by atoms with Crippen molar-refractivity contribution in [3.05, 3.63) is 0 Å². The van der Waals surface area contributed by atoms with Crippen molar-refractivity contribution < 1.29 is 71.4 Å². The van der Waals surface area contributed by atoms with E-state index in [1.807, 2.05) is 11.8 Å². The molecule has 490 valence electrons. The number of nitrogens with one attached hydrogen (secondary N) is 4. The molecule has 5 N–H and O–H groups in total. The Morgan fingerprint density at radius 1 is 0.607 bits per heavy atom. The molecule has 2 fully saturated rings. The van der Waals surface area contributed by atoms with Gasteiger partial charge in [0.2, 0.25) is 5.91 Å². The van der Waals surface area contributed by atoms with E-state index >= 15 is 0 Å². The first-order valence-electron chi connectivity index (χ1n) is 33.2. The fourth-order valence-corrected chi connectivity index (χ4v) is 12.5. The fourth-order valence-electron chi connectivity index (χ4n) is 10.2. The molecule has 0 aromatic carbocycles. The number of hydrogen-bond acceptors (Lipinski definition) is 16. The Morgan fingerprint density at radius 3 is 1.70 bits per heavy atom. The maximum absolute atomic E-state index is 12.9. The zero-order valence-electron chi connectivity index (χ0n) is 52.1. The van der Waals surface area contributed by atoms with Crippen LogP contribution in [0.5, 0.6) is 0 Å². The highest BCUT2D eigenvalue weighted by molar-refractivity contribution is 8.00. The minimum absolute atomic E-state index is 0.0493. The van der Waals surface area contributed by atoms with E-state index in [2.05, 4.69) is 40.3 Å². The summed E-state index contributed by atoms with van der Waals surface area (Å²) in [4.78, 5) is 81.0. The molecule has 20 nitrogen and oxygen atoms in total. The van der Waals surface area contributed by atoms with Gasteiger partial charge in [0.05, 0.1) is 45.1 Å². The highest BCUT2D eigenvalue weighted by Gasteiger charge is 2.42. The Labute approximate surface area is 510 Å². The van der Waals surface area contributed by atoms with Crippen molar-refractivity contribution in [3.63, 3.8) is 0 Å². The Kier molecular flexibility index (Phi) is 49.4. The maximum Gasteiger partial charge on any atom is 0.472 e. The van der Waals surface area contributed by atoms with Crippen LogP contribution in [0.25, 0.3) is 0 Å². The lowest BCUT2D eigenvalue weighted by atomic mass is 10.0. The molecule has 22 heteroatoms. The molecule has 84 heavy (non-hydrogen) atoms. The number of nitrogens with zero attached hydrogens (tertiary/aromatic N) is 1. The number of thioether (sulfide) groups is 1. The van der Waals surface area contributed by atoms with Crippen molar-refractivity contribution in [2.24, 2.45) is 4.99 Å². The van der Waals surface area contributed by atoms with Crippen LogP contribution in [0.15, 0.2) is 4.99 Å². The first kappa shape index (κ1) is 76.9. The molecule has 0 spiro atoms. The molecule has 2 rings (SSSR count). The SMILES string of the molecule is CCCCCCCCCCCCCCCCCC(=O)OC[C@H](COP(=O)(O)OCCNC(=O)OCCOCCONC(=O)CCCCCN=C([O-])CCCC[C@@H]1SC[C@@H]2NC(=O)N[C@@H]21)OC(=O)CCCCCCCCCCCCCCCCC. The monoisotopic (exact) mass is 1230 g/mol. The number of phosphoric ester groups is 1. The zero-order valence-corrected chi connectivity index (χ0v) is 53.8. The van der Waals surface area contributed by atoms with Crippen LogP contribution < -0.4 is 26.5 Å². The van der Waals surface area contributed by atoms with Crippen LogP contribution in [0.2, 0.25) is 0 Å². The highest BCUT2D eigenvalue weighted by Crippen LogP contribution is 2.43. The molecule has 0 bridgehead atoms. The van der Waals surface area contributed by atoms with Gasteiger partial charge in [-0.1, -0.05) is 206 Å². The number of carbonyl (C=O) groups is 5. The summed E-state index contributed by atoms with van der Waals surface area (Å²) in [7, 11) is -4.67. The molecule has 0 aromatic rings. The number of rotatable bonds is 60. The van der Waals surface area contributed by atoms with Crippen molar-refractivity contribution in [2.75, 3.05) is 65.1 Å². The molecule has 2 aliphatic heterocycles.